The molecule has 1 aliphatic rings. The summed E-state index contributed by atoms with van der Waals surface area (Å²) in [5.41, 5.74) is 5.56. The van der Waals surface area contributed by atoms with E-state index in [0.29, 0.717) is 18.2 Å². The number of ether oxygens (including phenoxy) is 1. The molecular weight excluding hydrogens is 308 g/mol. The molecule has 4 nitrogen and oxygen atoms in total. The largest absolute Gasteiger partial charge is 0.497 e. The molecule has 0 bridgehead atoms. The third kappa shape index (κ3) is 5.09. The summed E-state index contributed by atoms with van der Waals surface area (Å²) in [6.45, 7) is 2.54. The van der Waals surface area contributed by atoms with Crippen molar-refractivity contribution in [2.45, 2.75) is 30.2 Å². The van der Waals surface area contributed by atoms with E-state index in [4.69, 9.17) is 10.5 Å². The molecule has 1 saturated carbocycles. The van der Waals surface area contributed by atoms with Crippen molar-refractivity contribution in [2.75, 3.05) is 19.4 Å². The van der Waals surface area contributed by atoms with E-state index in [-0.39, 0.29) is 23.9 Å². The highest BCUT2D eigenvalue weighted by Gasteiger charge is 2.41. The highest BCUT2D eigenvalue weighted by atomic mass is 35.5. The van der Waals surface area contributed by atoms with E-state index in [0.717, 1.165) is 10.6 Å². The van der Waals surface area contributed by atoms with Crippen LogP contribution in [0.5, 0.6) is 5.75 Å². The molecule has 0 spiro atoms. The molecule has 1 aliphatic carbocycles. The van der Waals surface area contributed by atoms with Crippen LogP contribution in [0.25, 0.3) is 0 Å². The van der Waals surface area contributed by atoms with Gasteiger partial charge in [-0.05, 0) is 49.9 Å². The van der Waals surface area contributed by atoms with Crippen LogP contribution in [0.4, 0.5) is 0 Å². The summed E-state index contributed by atoms with van der Waals surface area (Å²) in [7, 11) is 1.64. The lowest BCUT2D eigenvalue weighted by atomic mass is 9.96. The molecule has 1 atom stereocenters. The predicted octanol–water partition coefficient (Wildman–Crippen LogP) is 2.45. The molecule has 3 N–H and O–H groups in total. The second-order valence-corrected chi connectivity index (χ2v) is 6.46. The second kappa shape index (κ2) is 7.92. The molecule has 0 aromatic heterocycles. The number of rotatable bonds is 7. The van der Waals surface area contributed by atoms with Crippen molar-refractivity contribution < 1.29 is 9.53 Å². The molecular formula is C15H23ClN2O2S. The van der Waals surface area contributed by atoms with Crippen LogP contribution in [0.15, 0.2) is 29.2 Å². The number of hydrogen-bond acceptors (Lipinski definition) is 4. The van der Waals surface area contributed by atoms with E-state index in [1.165, 1.54) is 24.6 Å². The van der Waals surface area contributed by atoms with Gasteiger partial charge in [0.05, 0.1) is 18.4 Å². The third-order valence-electron chi connectivity index (χ3n) is 3.76. The van der Waals surface area contributed by atoms with Crippen LogP contribution >= 0.6 is 24.2 Å². The summed E-state index contributed by atoms with van der Waals surface area (Å²) < 4.78 is 5.11. The van der Waals surface area contributed by atoms with E-state index < -0.39 is 0 Å². The smallest absolute Gasteiger partial charge is 0.230 e. The first kappa shape index (κ1) is 18.1. The molecule has 0 aliphatic heterocycles. The summed E-state index contributed by atoms with van der Waals surface area (Å²) in [5, 5.41) is 3.09. The van der Waals surface area contributed by atoms with Gasteiger partial charge in [-0.3, -0.25) is 4.79 Å². The van der Waals surface area contributed by atoms with Gasteiger partial charge in [0.15, 0.2) is 0 Å². The summed E-state index contributed by atoms with van der Waals surface area (Å²) in [6.07, 6.45) is 2.33. The highest BCUT2D eigenvalue weighted by Crippen LogP contribution is 2.39. The molecule has 1 unspecified atom stereocenters. The van der Waals surface area contributed by atoms with Crippen molar-refractivity contribution in [1.82, 2.24) is 5.32 Å². The Morgan fingerprint density at radius 2 is 2.05 bits per heavy atom. The van der Waals surface area contributed by atoms with Crippen LogP contribution in [0.3, 0.4) is 0 Å². The molecule has 1 aromatic carbocycles. The fraction of sp³-hybridized carbons (Fsp3) is 0.533. The van der Waals surface area contributed by atoms with Crippen molar-refractivity contribution in [3.8, 4) is 5.75 Å². The molecule has 0 radical (unpaired) electrons. The quantitative estimate of drug-likeness (QED) is 0.754. The van der Waals surface area contributed by atoms with Gasteiger partial charge in [0.25, 0.3) is 0 Å². The molecule has 1 amide bonds. The summed E-state index contributed by atoms with van der Waals surface area (Å²) >= 11 is 1.52. The first-order chi connectivity index (χ1) is 9.57. The lowest BCUT2D eigenvalue weighted by molar-refractivity contribution is -0.120. The third-order valence-corrected chi connectivity index (χ3v) is 4.77. The van der Waals surface area contributed by atoms with Gasteiger partial charge in [0.1, 0.15) is 5.75 Å². The molecule has 2 rings (SSSR count). The number of thioether (sulfide) groups is 1. The Balaban J connectivity index is 0.00000220. The Labute approximate surface area is 136 Å². The Morgan fingerprint density at radius 3 is 2.52 bits per heavy atom. The average molecular weight is 331 g/mol. The molecule has 0 saturated heterocycles. The van der Waals surface area contributed by atoms with Gasteiger partial charge in [-0.2, -0.15) is 0 Å². The number of carbonyl (C=O) groups is 1. The van der Waals surface area contributed by atoms with E-state index >= 15 is 0 Å². The average Bonchev–Trinajstić information content (AvgIpc) is 3.30. The molecule has 21 heavy (non-hydrogen) atoms. The molecule has 6 heteroatoms. The van der Waals surface area contributed by atoms with Crippen LogP contribution in [-0.2, 0) is 4.79 Å². The molecule has 118 valence electrons. The van der Waals surface area contributed by atoms with Gasteiger partial charge in [-0.25, -0.2) is 0 Å². The zero-order chi connectivity index (χ0) is 14.6. The lowest BCUT2D eigenvalue weighted by Gasteiger charge is -2.29. The minimum atomic E-state index is -0.239. The van der Waals surface area contributed by atoms with Gasteiger partial charge < -0.3 is 15.8 Å². The SMILES string of the molecule is COc1ccc(SCC(=O)NC(C)(CN)C2CC2)cc1.Cl. The van der Waals surface area contributed by atoms with Crippen molar-refractivity contribution in [2.24, 2.45) is 11.7 Å². The highest BCUT2D eigenvalue weighted by molar-refractivity contribution is 8.00. The standard InChI is InChI=1S/C15H22N2O2S.ClH/c1-15(10-16,11-3-4-11)17-14(18)9-20-13-7-5-12(19-2)6-8-13;/h5-8,11H,3-4,9-10,16H2,1-2H3,(H,17,18);1H. The van der Waals surface area contributed by atoms with Crippen LogP contribution in [0.1, 0.15) is 19.8 Å². The molecule has 1 aromatic rings. The van der Waals surface area contributed by atoms with Crippen molar-refractivity contribution in [3.05, 3.63) is 24.3 Å². The number of hydrogen-bond donors (Lipinski definition) is 2. The maximum atomic E-state index is 12.0. The van der Waals surface area contributed by atoms with Gasteiger partial charge in [-0.1, -0.05) is 0 Å². The lowest BCUT2D eigenvalue weighted by Crippen LogP contribution is -2.53. The minimum absolute atomic E-state index is 0. The Kier molecular flexibility index (Phi) is 6.84. The first-order valence-electron chi connectivity index (χ1n) is 6.85. The van der Waals surface area contributed by atoms with Gasteiger partial charge in [0, 0.05) is 11.4 Å². The summed E-state index contributed by atoms with van der Waals surface area (Å²) in [5.74, 6) is 1.82. The van der Waals surface area contributed by atoms with E-state index in [1.807, 2.05) is 31.2 Å². The zero-order valence-electron chi connectivity index (χ0n) is 12.4. The molecule has 1 fully saturated rings. The fourth-order valence-corrected chi connectivity index (χ4v) is 2.91. The van der Waals surface area contributed by atoms with Gasteiger partial charge in [0.2, 0.25) is 5.91 Å². The van der Waals surface area contributed by atoms with E-state index in [9.17, 15) is 4.79 Å². The second-order valence-electron chi connectivity index (χ2n) is 5.41. The maximum absolute atomic E-state index is 12.0. The number of carbonyl (C=O) groups excluding carboxylic acids is 1. The Hall–Kier alpha value is -0.910. The van der Waals surface area contributed by atoms with Crippen molar-refractivity contribution in [1.29, 1.82) is 0 Å². The summed E-state index contributed by atoms with van der Waals surface area (Å²) in [6, 6.07) is 7.71. The Morgan fingerprint density at radius 1 is 1.43 bits per heavy atom. The van der Waals surface area contributed by atoms with E-state index in [1.54, 1.807) is 7.11 Å². The predicted molar refractivity (Wildman–Crippen MR) is 89.3 cm³/mol. The first-order valence-corrected chi connectivity index (χ1v) is 7.84. The van der Waals surface area contributed by atoms with Crippen LogP contribution in [0, 0.1) is 5.92 Å². The van der Waals surface area contributed by atoms with Crippen LogP contribution in [-0.4, -0.2) is 30.9 Å². The normalized spacial score (nSPS) is 16.5. The number of nitrogens with one attached hydrogen (secondary N) is 1. The number of amides is 1. The van der Waals surface area contributed by atoms with Crippen LogP contribution in [0.2, 0.25) is 0 Å². The number of benzene rings is 1. The maximum Gasteiger partial charge on any atom is 0.230 e. The fourth-order valence-electron chi connectivity index (χ4n) is 2.22. The Bertz CT molecular complexity index is 465. The van der Waals surface area contributed by atoms with Crippen LogP contribution < -0.4 is 15.8 Å². The van der Waals surface area contributed by atoms with E-state index in [2.05, 4.69) is 5.32 Å². The summed E-state index contributed by atoms with van der Waals surface area (Å²) in [4.78, 5) is 13.1. The topological polar surface area (TPSA) is 64.3 Å². The number of halogens is 1. The number of nitrogens with two attached hydrogens (primary N) is 1. The zero-order valence-corrected chi connectivity index (χ0v) is 14.1. The van der Waals surface area contributed by atoms with Crippen molar-refractivity contribution >= 4 is 30.1 Å². The number of methoxy groups -OCH3 is 1. The van der Waals surface area contributed by atoms with Gasteiger partial charge >= 0.3 is 0 Å². The minimum Gasteiger partial charge on any atom is -0.497 e. The van der Waals surface area contributed by atoms with Crippen molar-refractivity contribution in [3.63, 3.8) is 0 Å². The van der Waals surface area contributed by atoms with Gasteiger partial charge in [-0.15, -0.1) is 24.2 Å². The molecule has 0 heterocycles. The monoisotopic (exact) mass is 330 g/mol.